The largest absolute Gasteiger partial charge is 0.508 e. The van der Waals surface area contributed by atoms with E-state index in [2.05, 4.69) is 67.0 Å². The van der Waals surface area contributed by atoms with Crippen LogP contribution in [0, 0.1) is 5.92 Å². The smallest absolute Gasteiger partial charge is 0.335 e. The van der Waals surface area contributed by atoms with Crippen LogP contribution in [0.2, 0.25) is 10.0 Å². The molecular formula is C87H98Cl2N10O28. The molecule has 8 aliphatic rings. The Labute approximate surface area is 735 Å². The van der Waals surface area contributed by atoms with Gasteiger partial charge in [-0.25, -0.2) is 4.79 Å². The highest BCUT2D eigenvalue weighted by atomic mass is 35.5. The molecule has 0 spiro atoms. The first kappa shape index (κ1) is 92.8. The van der Waals surface area contributed by atoms with Crippen LogP contribution < -0.4 is 76.9 Å². The summed E-state index contributed by atoms with van der Waals surface area (Å²) in [6.45, 7) is 3.53. The van der Waals surface area contributed by atoms with Gasteiger partial charge in [0.2, 0.25) is 65.6 Å². The van der Waals surface area contributed by atoms with E-state index in [0.29, 0.717) is 30.9 Å². The number of carbonyl (C=O) groups is 9. The van der Waals surface area contributed by atoms with E-state index in [4.69, 9.17) is 56.4 Å². The minimum atomic E-state index is -2.45. The van der Waals surface area contributed by atoms with Crippen LogP contribution in [0.3, 0.4) is 0 Å². The van der Waals surface area contributed by atoms with Crippen LogP contribution in [-0.2, 0) is 59.0 Å². The van der Waals surface area contributed by atoms with E-state index in [0.717, 1.165) is 105 Å². The Morgan fingerprint density at radius 2 is 1.20 bits per heavy atom. The molecule has 2 saturated heterocycles. The lowest BCUT2D eigenvalue weighted by Crippen LogP contribution is -2.66. The Hall–Kier alpha value is -11.9. The molecule has 40 heteroatoms. The van der Waals surface area contributed by atoms with E-state index in [1.54, 1.807) is 7.05 Å². The average Bonchev–Trinajstić information content (AvgIpc) is 0.753. The monoisotopic (exact) mass is 1800 g/mol. The normalized spacial score (nSPS) is 25.9. The summed E-state index contributed by atoms with van der Waals surface area (Å²) in [7, 11) is 3.06. The number of phenolic OH excluding ortho intramolecular Hbond substituents is 4. The predicted molar refractivity (Wildman–Crippen MR) is 447 cm³/mol. The van der Waals surface area contributed by atoms with Crippen molar-refractivity contribution in [3.63, 3.8) is 0 Å². The first-order chi connectivity index (χ1) is 60.7. The number of fused-ring (bicyclic) bond motifs is 14. The van der Waals surface area contributed by atoms with Crippen LogP contribution in [0.4, 0.5) is 0 Å². The molecule has 2 fully saturated rings. The molecule has 7 aromatic carbocycles. The Balaban J connectivity index is 1.04. The number of aromatic hydroxyl groups is 4. The predicted octanol–water partition coefficient (Wildman–Crippen LogP) is 3.83. The van der Waals surface area contributed by atoms with Gasteiger partial charge in [-0.1, -0.05) is 106 Å². The lowest BCUT2D eigenvalue weighted by molar-refractivity contribution is -0.277. The molecule has 18 atom stereocenters. The van der Waals surface area contributed by atoms with Gasteiger partial charge in [-0.15, -0.1) is 0 Å². The third-order valence-electron chi connectivity index (χ3n) is 22.6. The highest BCUT2D eigenvalue weighted by Gasteiger charge is 2.52. The van der Waals surface area contributed by atoms with E-state index in [1.807, 2.05) is 0 Å². The lowest BCUT2D eigenvalue weighted by Gasteiger charge is -2.41. The summed E-state index contributed by atoms with van der Waals surface area (Å²) in [5.41, 5.74) is -2.69. The number of phenols is 4. The quantitative estimate of drug-likeness (QED) is 0.0429. The molecule has 38 nitrogen and oxygen atoms in total. The Kier molecular flexibility index (Phi) is 29.5. The van der Waals surface area contributed by atoms with E-state index in [-0.39, 0.29) is 47.8 Å². The molecular weight excluding hydrogens is 1700 g/mol. The number of nitrogens with one attached hydrogen (secondary N) is 10. The fraction of sp³-hybridized carbons (Fsp3) is 0.414. The number of benzene rings is 7. The SMILES string of the molecule is CNCCCNC(=O)[C@H]1NC(=O)[C@H]2NC(=O)[C@@H](NC(=O)[C@@H]3NC(=O)[C@@H]4NC(=O)[C@@H](Cc5ccc(cc5)Oc5cc3cc(c5O[C@@H]3O[C@@H](C(=O)O)[C@@H](O)[C@H](O)[C@H]3NC(=O)CCCCCCCCC(C)C)Oc3ccc(cc3Cl)[C@H]2O)NC(=O)[C@H](NC)c2ccc(O)c(c2)Oc2cc(O)c(Cl)c4c2)c2ccc(O)c(c2)-c2c(O[C@@H]3O[C@H](CO)[C@H](O)[C@H](O)[C@@H]3O)cc(O)cc21. The van der Waals surface area contributed by atoms with E-state index >= 15 is 28.8 Å². The summed E-state index contributed by atoms with van der Waals surface area (Å²) in [5, 5.41) is 164. The van der Waals surface area contributed by atoms with E-state index < -0.39 is 271 Å². The van der Waals surface area contributed by atoms with E-state index in [9.17, 15) is 75.7 Å². The van der Waals surface area contributed by atoms with Crippen LogP contribution in [0.5, 0.6) is 69.0 Å². The minimum absolute atomic E-state index is 0.106. The molecule has 7 aromatic rings. The number of likely N-dealkylation sites (N-methyl/N-ethyl adjacent to an activating group) is 1. The van der Waals surface area contributed by atoms with Gasteiger partial charge in [0.1, 0.15) is 131 Å². The van der Waals surface area contributed by atoms with Crippen molar-refractivity contribution in [2.24, 2.45) is 5.92 Å². The molecule has 0 aliphatic carbocycles. The van der Waals surface area contributed by atoms with Crippen LogP contribution in [0.15, 0.2) is 115 Å². The number of amides is 8. The van der Waals surface area contributed by atoms with Crippen molar-refractivity contribution in [3.8, 4) is 80.1 Å². The number of hydrogen-bond donors (Lipinski definition) is 22. The maximum absolute atomic E-state index is 16.8. The summed E-state index contributed by atoms with van der Waals surface area (Å²) in [6.07, 6.45) is -15.8. The second-order valence-corrected chi connectivity index (χ2v) is 32.8. The standard InChI is InChI=1S/C87H98Cl2N10O28/c1-37(2)12-9-7-5-6-8-10-13-60(105)94-69-72(108)74(110)77(85(119)120)127-86(69)126-76-57-30-42-31-58(76)123-54-23-18-41(28-49(54)88)70(106)68-84(118)98-66(79(113)92-25-11-24-90-3)47-32-43(101)33-56(124-87-75(111)73(109)71(107)59(36-100)125-87)61(47)46-27-39(16-21-51(46)102)64(81(115)99-68)95-82(116)65(42)96-83(117)67-48-34-45(35-53(104)62(48)89)122-55-29-40(17-22-52(55)103)63(91-4)80(114)93-50(78(112)97-67)26-38-14-19-44(121-57)20-15-38/h14-23,27-35,37,50,59,63-75,77,86-87,90-91,100-104,106-111H,5-13,24-26,36H2,1-4H3,(H,92,113)(H,93,114)(H,94,105)(H,95,116)(H,96,117)(H,97,112)(H,98,118)(H,99,115)(H,119,120)/t50-,59-,63-,64+,65-,66+,67-,68+,69-,70-,71+,72-,73+,74+,75+,77-,86-,87-/m1/s1. The van der Waals surface area contributed by atoms with Crippen molar-refractivity contribution in [1.29, 1.82) is 0 Å². The minimum Gasteiger partial charge on any atom is -0.508 e. The van der Waals surface area contributed by atoms with Crippen molar-refractivity contribution >= 4 is 76.4 Å². The van der Waals surface area contributed by atoms with E-state index in [1.165, 1.54) is 49.5 Å². The number of aliphatic hydroxyl groups is 7. The maximum Gasteiger partial charge on any atom is 0.335 e. The molecule has 0 radical (unpaired) electrons. The molecule has 0 unspecified atom stereocenters. The van der Waals surface area contributed by atoms with Crippen LogP contribution in [0.1, 0.15) is 147 Å². The summed E-state index contributed by atoms with van der Waals surface area (Å²) in [6, 6.07) is 5.64. The number of unbranched alkanes of at least 4 members (excludes halogenated alkanes) is 5. The van der Waals surface area contributed by atoms with Crippen molar-refractivity contribution < 1.29 is 138 Å². The number of ether oxygens (including phenoxy) is 7. The number of carboxylic acids is 1. The summed E-state index contributed by atoms with van der Waals surface area (Å²) in [5.74, 6) is -17.5. The van der Waals surface area contributed by atoms with Crippen molar-refractivity contribution in [1.82, 2.24) is 53.2 Å². The lowest BCUT2D eigenvalue weighted by atomic mass is 9.89. The Bertz CT molecular complexity index is 5300. The number of aliphatic hydroxyl groups excluding tert-OH is 7. The maximum atomic E-state index is 16.8. The molecule has 15 rings (SSSR count). The number of halogens is 2. The molecule has 8 amide bonds. The Morgan fingerprint density at radius 3 is 1.90 bits per heavy atom. The van der Waals surface area contributed by atoms with Gasteiger partial charge < -0.3 is 148 Å². The second kappa shape index (κ2) is 40.4. The zero-order valence-corrected chi connectivity index (χ0v) is 70.3. The fourth-order valence-electron chi connectivity index (χ4n) is 15.8. The average molecular weight is 1800 g/mol. The molecule has 8 aliphatic heterocycles. The molecule has 678 valence electrons. The highest BCUT2D eigenvalue weighted by molar-refractivity contribution is 6.33. The van der Waals surface area contributed by atoms with Gasteiger partial charge in [-0.3, -0.25) is 38.4 Å². The van der Waals surface area contributed by atoms with Crippen LogP contribution in [0.25, 0.3) is 11.1 Å². The summed E-state index contributed by atoms with van der Waals surface area (Å²) >= 11 is 14.3. The zero-order valence-electron chi connectivity index (χ0n) is 68.8. The second-order valence-electron chi connectivity index (χ2n) is 32.0. The number of aliphatic carboxylic acids is 1. The number of rotatable bonds is 22. The zero-order chi connectivity index (χ0) is 91.1. The fourth-order valence-corrected chi connectivity index (χ4v) is 16.2. The van der Waals surface area contributed by atoms with Gasteiger partial charge in [-0.2, -0.15) is 0 Å². The topological polar surface area (TPSA) is 581 Å². The summed E-state index contributed by atoms with van der Waals surface area (Å²) < 4.78 is 44.4. The van der Waals surface area contributed by atoms with Gasteiger partial charge >= 0.3 is 5.97 Å². The van der Waals surface area contributed by atoms with Gasteiger partial charge in [0.15, 0.2) is 29.1 Å². The molecule has 127 heavy (non-hydrogen) atoms. The molecule has 22 N–H and O–H groups in total. The number of carbonyl (C=O) groups excluding carboxylic acids is 8. The van der Waals surface area contributed by atoms with Gasteiger partial charge in [0.25, 0.3) is 0 Å². The van der Waals surface area contributed by atoms with Crippen LogP contribution >= 0.6 is 23.2 Å². The van der Waals surface area contributed by atoms with Gasteiger partial charge in [0, 0.05) is 48.2 Å². The van der Waals surface area contributed by atoms with Crippen molar-refractivity contribution in [2.75, 3.05) is 33.8 Å². The first-order valence-corrected chi connectivity index (χ1v) is 41.9. The van der Waals surface area contributed by atoms with Gasteiger partial charge in [-0.05, 0) is 146 Å². The number of carboxylic acid groups (broad SMARTS) is 1. The molecule has 17 bridgehead atoms. The van der Waals surface area contributed by atoms with Crippen molar-refractivity contribution in [2.45, 2.75) is 188 Å². The molecule has 8 heterocycles. The molecule has 0 saturated carbocycles. The third-order valence-corrected chi connectivity index (χ3v) is 23.3. The summed E-state index contributed by atoms with van der Waals surface area (Å²) in [4.78, 5) is 138. The Morgan fingerprint density at radius 1 is 0.543 bits per heavy atom. The van der Waals surface area contributed by atoms with Crippen molar-refractivity contribution in [3.05, 3.63) is 164 Å². The molecule has 0 aromatic heterocycles. The highest BCUT2D eigenvalue weighted by Crippen LogP contribution is 2.51. The third kappa shape index (κ3) is 20.9. The first-order valence-electron chi connectivity index (χ1n) is 41.1. The van der Waals surface area contributed by atoms with Crippen LogP contribution in [-0.4, -0.2) is 222 Å². The number of hydrogen-bond acceptors (Lipinski definition) is 29. The van der Waals surface area contributed by atoms with Gasteiger partial charge in [0.05, 0.1) is 16.7 Å².